The van der Waals surface area contributed by atoms with E-state index in [1.165, 1.54) is 0 Å². The summed E-state index contributed by atoms with van der Waals surface area (Å²) in [6, 6.07) is 1.45. The van der Waals surface area contributed by atoms with Crippen molar-refractivity contribution in [2.45, 2.75) is 23.6 Å². The molecule has 1 heterocycles. The summed E-state index contributed by atoms with van der Waals surface area (Å²) in [6.07, 6.45) is -4.45. The SMILES string of the molecule is O=C(c1cc(O)c(O)c(O)c1)[C@@]1(O)CO[C@@](O)(CO)[C@@H](O)[C@@H]1O. The van der Waals surface area contributed by atoms with Gasteiger partial charge < -0.3 is 45.6 Å². The summed E-state index contributed by atoms with van der Waals surface area (Å²) < 4.78 is 4.69. The maximum atomic E-state index is 12.3. The van der Waals surface area contributed by atoms with E-state index in [9.17, 15) is 40.5 Å². The van der Waals surface area contributed by atoms with E-state index >= 15 is 0 Å². The number of rotatable bonds is 3. The number of carbonyl (C=O) groups excluding carboxylic acids is 1. The van der Waals surface area contributed by atoms with Crippen LogP contribution < -0.4 is 0 Å². The second kappa shape index (κ2) is 5.60. The van der Waals surface area contributed by atoms with Crippen LogP contribution in [0.3, 0.4) is 0 Å². The Morgan fingerprint density at radius 1 is 1.13 bits per heavy atom. The lowest BCUT2D eigenvalue weighted by Gasteiger charge is -2.45. The number of phenolic OH excluding ortho intramolecular Hbond substituents is 3. The van der Waals surface area contributed by atoms with Crippen LogP contribution in [0, 0.1) is 0 Å². The first-order chi connectivity index (χ1) is 10.6. The predicted octanol–water partition coefficient (Wildman–Crippen LogP) is -2.85. The van der Waals surface area contributed by atoms with Crippen LogP contribution in [0.25, 0.3) is 0 Å². The molecule has 8 N–H and O–H groups in total. The van der Waals surface area contributed by atoms with Crippen molar-refractivity contribution >= 4 is 5.78 Å². The Bertz CT molecular complexity index is 608. The number of ketones is 1. The molecule has 0 amide bonds. The summed E-state index contributed by atoms with van der Waals surface area (Å²) in [4.78, 5) is 12.3. The van der Waals surface area contributed by atoms with Crippen molar-refractivity contribution in [1.82, 2.24) is 0 Å². The Balaban J connectivity index is 2.39. The number of aromatic hydroxyl groups is 3. The van der Waals surface area contributed by atoms with Gasteiger partial charge in [-0.1, -0.05) is 0 Å². The van der Waals surface area contributed by atoms with Gasteiger partial charge in [0.2, 0.25) is 5.79 Å². The first-order valence-corrected chi connectivity index (χ1v) is 6.42. The first-order valence-electron chi connectivity index (χ1n) is 6.42. The topological polar surface area (TPSA) is 188 Å². The van der Waals surface area contributed by atoms with Crippen molar-refractivity contribution in [2.24, 2.45) is 0 Å². The monoisotopic (exact) mass is 332 g/mol. The van der Waals surface area contributed by atoms with Crippen LogP contribution >= 0.6 is 0 Å². The van der Waals surface area contributed by atoms with E-state index in [1.807, 2.05) is 0 Å². The molecule has 0 saturated carbocycles. The van der Waals surface area contributed by atoms with E-state index in [1.54, 1.807) is 0 Å². The molecule has 2 rings (SSSR count). The van der Waals surface area contributed by atoms with Crippen LogP contribution in [0.2, 0.25) is 0 Å². The Morgan fingerprint density at radius 3 is 2.13 bits per heavy atom. The van der Waals surface area contributed by atoms with Gasteiger partial charge in [0.15, 0.2) is 28.6 Å². The number of hydrogen-bond donors (Lipinski definition) is 8. The molecule has 10 nitrogen and oxygen atoms in total. The van der Waals surface area contributed by atoms with Gasteiger partial charge >= 0.3 is 0 Å². The minimum Gasteiger partial charge on any atom is -0.504 e. The molecule has 1 aromatic rings. The third-order valence-electron chi connectivity index (χ3n) is 3.74. The van der Waals surface area contributed by atoms with Crippen LogP contribution in [0.5, 0.6) is 17.2 Å². The molecule has 1 aliphatic heterocycles. The van der Waals surface area contributed by atoms with E-state index in [2.05, 4.69) is 0 Å². The lowest BCUT2D eigenvalue weighted by molar-refractivity contribution is -0.342. The van der Waals surface area contributed by atoms with Crippen molar-refractivity contribution in [3.8, 4) is 17.2 Å². The highest BCUT2D eigenvalue weighted by Gasteiger charge is 2.58. The minimum absolute atomic E-state index is 0.496. The second-order valence-corrected chi connectivity index (χ2v) is 5.30. The average molecular weight is 332 g/mol. The van der Waals surface area contributed by atoms with Crippen LogP contribution in [-0.4, -0.2) is 83.4 Å². The summed E-state index contributed by atoms with van der Waals surface area (Å²) in [5.74, 6) is -6.41. The molecule has 0 aromatic heterocycles. The van der Waals surface area contributed by atoms with Crippen LogP contribution in [0.4, 0.5) is 0 Å². The molecule has 23 heavy (non-hydrogen) atoms. The van der Waals surface area contributed by atoms with Crippen LogP contribution in [0.1, 0.15) is 10.4 Å². The standard InChI is InChI=1S/C13H16O10/c14-3-13(22)11(20)10(19)12(21,4-23-13)9(18)5-1-6(15)8(17)7(16)2-5/h1-2,10-11,14-17,19-22H,3-4H2/t10-,11-,12-,13-/m0/s1. The van der Waals surface area contributed by atoms with E-state index in [-0.39, 0.29) is 0 Å². The third kappa shape index (κ3) is 2.61. The van der Waals surface area contributed by atoms with Gasteiger partial charge in [0.1, 0.15) is 12.2 Å². The third-order valence-corrected chi connectivity index (χ3v) is 3.74. The van der Waals surface area contributed by atoms with Gasteiger partial charge in [-0.25, -0.2) is 0 Å². The molecule has 4 atom stereocenters. The fraction of sp³-hybridized carbons (Fsp3) is 0.462. The molecule has 0 spiro atoms. The maximum absolute atomic E-state index is 12.3. The molecule has 1 aromatic carbocycles. The fourth-order valence-electron chi connectivity index (χ4n) is 2.24. The van der Waals surface area contributed by atoms with Crippen molar-refractivity contribution in [3.05, 3.63) is 17.7 Å². The number of phenols is 3. The predicted molar refractivity (Wildman–Crippen MR) is 70.7 cm³/mol. The van der Waals surface area contributed by atoms with Crippen molar-refractivity contribution in [2.75, 3.05) is 13.2 Å². The zero-order chi connectivity index (χ0) is 17.6. The van der Waals surface area contributed by atoms with Crippen LogP contribution in [0.15, 0.2) is 12.1 Å². The second-order valence-electron chi connectivity index (χ2n) is 5.30. The van der Waals surface area contributed by atoms with E-state index in [4.69, 9.17) is 9.84 Å². The number of Topliss-reactive ketones (excluding diaryl/α,β-unsaturated/α-hetero) is 1. The molecule has 10 heteroatoms. The van der Waals surface area contributed by atoms with Gasteiger partial charge in [-0.2, -0.15) is 0 Å². The van der Waals surface area contributed by atoms with Crippen molar-refractivity contribution < 1.29 is 50.4 Å². The van der Waals surface area contributed by atoms with Gasteiger partial charge in [0.25, 0.3) is 0 Å². The molecule has 0 bridgehead atoms. The minimum atomic E-state index is -2.73. The van der Waals surface area contributed by atoms with Gasteiger partial charge in [-0.3, -0.25) is 4.79 Å². The lowest BCUT2D eigenvalue weighted by atomic mass is 9.81. The van der Waals surface area contributed by atoms with Gasteiger partial charge in [0, 0.05) is 5.56 Å². The molecule has 1 fully saturated rings. The first kappa shape index (κ1) is 17.4. The summed E-state index contributed by atoms with van der Waals surface area (Å²) in [7, 11) is 0. The van der Waals surface area contributed by atoms with Gasteiger partial charge in [-0.05, 0) is 12.1 Å². The molecular formula is C13H16O10. The molecule has 1 saturated heterocycles. The Hall–Kier alpha value is -1.95. The number of carbonyl (C=O) groups is 1. The number of hydrogen-bond acceptors (Lipinski definition) is 10. The number of ether oxygens (including phenoxy) is 1. The summed E-state index contributed by atoms with van der Waals surface area (Å²) >= 11 is 0. The molecule has 0 unspecified atom stereocenters. The maximum Gasteiger partial charge on any atom is 0.218 e. The lowest BCUT2D eigenvalue weighted by Crippen LogP contribution is -2.70. The van der Waals surface area contributed by atoms with E-state index in [0.717, 1.165) is 12.1 Å². The highest BCUT2D eigenvalue weighted by molar-refractivity contribution is 6.04. The number of benzene rings is 1. The van der Waals surface area contributed by atoms with Crippen molar-refractivity contribution in [3.63, 3.8) is 0 Å². The largest absolute Gasteiger partial charge is 0.504 e. The normalized spacial score (nSPS) is 34.3. The Labute approximate surface area is 129 Å². The zero-order valence-corrected chi connectivity index (χ0v) is 11.6. The summed E-state index contributed by atoms with van der Waals surface area (Å²) in [5, 5.41) is 76.7. The average Bonchev–Trinajstić information content (AvgIpc) is 2.53. The quantitative estimate of drug-likeness (QED) is 0.211. The molecule has 0 aliphatic carbocycles. The molecule has 1 aliphatic rings. The Kier molecular flexibility index (Phi) is 4.24. The van der Waals surface area contributed by atoms with Gasteiger partial charge in [0.05, 0.1) is 13.2 Å². The van der Waals surface area contributed by atoms with E-state index in [0.29, 0.717) is 0 Å². The molecular weight excluding hydrogens is 316 g/mol. The number of aliphatic hydroxyl groups excluding tert-OH is 3. The highest BCUT2D eigenvalue weighted by Crippen LogP contribution is 2.38. The van der Waals surface area contributed by atoms with Gasteiger partial charge in [-0.15, -0.1) is 0 Å². The van der Waals surface area contributed by atoms with E-state index < -0.39 is 65.4 Å². The zero-order valence-electron chi connectivity index (χ0n) is 11.6. The smallest absolute Gasteiger partial charge is 0.218 e. The van der Waals surface area contributed by atoms with Crippen molar-refractivity contribution in [1.29, 1.82) is 0 Å². The fourth-order valence-corrected chi connectivity index (χ4v) is 2.24. The summed E-state index contributed by atoms with van der Waals surface area (Å²) in [5.41, 5.74) is -3.22. The highest BCUT2D eigenvalue weighted by atomic mass is 16.7. The van der Waals surface area contributed by atoms with Crippen LogP contribution in [-0.2, 0) is 4.74 Å². The Morgan fingerprint density at radius 2 is 1.65 bits per heavy atom. The molecule has 0 radical (unpaired) electrons. The number of aliphatic hydroxyl groups is 5. The molecule has 128 valence electrons. The summed E-state index contributed by atoms with van der Waals surface area (Å²) in [6.45, 7) is -2.08.